The summed E-state index contributed by atoms with van der Waals surface area (Å²) in [5.41, 5.74) is 6.36. The summed E-state index contributed by atoms with van der Waals surface area (Å²) in [6, 6.07) is 5.49. The summed E-state index contributed by atoms with van der Waals surface area (Å²) in [5, 5.41) is 0. The van der Waals surface area contributed by atoms with Crippen molar-refractivity contribution in [1.29, 1.82) is 0 Å². The van der Waals surface area contributed by atoms with E-state index in [9.17, 15) is 0 Å². The van der Waals surface area contributed by atoms with Crippen molar-refractivity contribution in [3.05, 3.63) is 18.2 Å². The van der Waals surface area contributed by atoms with Crippen LogP contribution in [0, 0.1) is 5.92 Å². The zero-order valence-corrected chi connectivity index (χ0v) is 10.3. The monoisotopic (exact) mass is 243 g/mol. The molecule has 1 fully saturated rings. The minimum atomic E-state index is 0. The molecule has 2 N–H and O–H groups in total. The van der Waals surface area contributed by atoms with Crippen molar-refractivity contribution in [2.45, 2.75) is 19.3 Å². The Hall–Kier alpha value is -1.09. The number of hydrogen-bond donors (Lipinski definition) is 1. The predicted octanol–water partition coefficient (Wildman–Crippen LogP) is 2.88. The normalized spacial score (nSPS) is 14.8. The number of halogens is 1. The number of ether oxygens (including phenoxy) is 2. The van der Waals surface area contributed by atoms with E-state index in [1.807, 2.05) is 12.1 Å². The molecule has 1 aromatic rings. The molecule has 90 valence electrons. The maximum atomic E-state index is 5.71. The van der Waals surface area contributed by atoms with E-state index in [1.165, 1.54) is 19.3 Å². The molecule has 0 atom stereocenters. The fourth-order valence-corrected chi connectivity index (χ4v) is 1.67. The Labute approximate surface area is 102 Å². The Morgan fingerprint density at radius 1 is 1.31 bits per heavy atom. The first-order chi connectivity index (χ1) is 7.29. The lowest BCUT2D eigenvalue weighted by atomic mass is 9.86. The molecule has 0 saturated heterocycles. The molecular weight excluding hydrogens is 226 g/mol. The second kappa shape index (κ2) is 5.85. The minimum absolute atomic E-state index is 0. The van der Waals surface area contributed by atoms with E-state index in [2.05, 4.69) is 0 Å². The van der Waals surface area contributed by atoms with Gasteiger partial charge in [-0.1, -0.05) is 6.42 Å². The van der Waals surface area contributed by atoms with E-state index in [0.29, 0.717) is 11.4 Å². The van der Waals surface area contributed by atoms with Crippen LogP contribution in [0.25, 0.3) is 0 Å². The molecule has 0 spiro atoms. The smallest absolute Gasteiger partial charge is 0.162 e. The predicted molar refractivity (Wildman–Crippen MR) is 67.5 cm³/mol. The molecule has 4 heteroatoms. The van der Waals surface area contributed by atoms with Gasteiger partial charge in [-0.2, -0.15) is 0 Å². The zero-order chi connectivity index (χ0) is 10.7. The highest BCUT2D eigenvalue weighted by Gasteiger charge is 2.18. The molecular formula is C12H18ClNO2. The largest absolute Gasteiger partial charge is 0.493 e. The number of benzene rings is 1. The van der Waals surface area contributed by atoms with Gasteiger partial charge in [0, 0.05) is 11.8 Å². The molecule has 1 aliphatic carbocycles. The first-order valence-electron chi connectivity index (χ1n) is 5.36. The van der Waals surface area contributed by atoms with Crippen LogP contribution in [0.5, 0.6) is 11.5 Å². The Balaban J connectivity index is 0.00000128. The topological polar surface area (TPSA) is 44.5 Å². The Kier molecular flexibility index (Phi) is 4.74. The SMILES string of the molecule is COc1cc(N)ccc1OCC1CCC1.Cl. The molecule has 0 heterocycles. The van der Waals surface area contributed by atoms with Gasteiger partial charge in [-0.05, 0) is 30.9 Å². The average Bonchev–Trinajstić information content (AvgIpc) is 2.17. The van der Waals surface area contributed by atoms with Gasteiger partial charge in [-0.3, -0.25) is 0 Å². The Morgan fingerprint density at radius 2 is 2.06 bits per heavy atom. The molecule has 16 heavy (non-hydrogen) atoms. The highest BCUT2D eigenvalue weighted by Crippen LogP contribution is 2.32. The van der Waals surface area contributed by atoms with Crippen molar-refractivity contribution >= 4 is 18.1 Å². The third-order valence-corrected chi connectivity index (χ3v) is 2.89. The van der Waals surface area contributed by atoms with E-state index in [-0.39, 0.29) is 12.4 Å². The number of methoxy groups -OCH3 is 1. The Morgan fingerprint density at radius 3 is 2.62 bits per heavy atom. The van der Waals surface area contributed by atoms with Crippen molar-refractivity contribution < 1.29 is 9.47 Å². The molecule has 3 nitrogen and oxygen atoms in total. The van der Waals surface area contributed by atoms with Crippen LogP contribution in [0.4, 0.5) is 5.69 Å². The second-order valence-electron chi connectivity index (χ2n) is 4.02. The molecule has 1 aliphatic rings. The molecule has 1 aromatic carbocycles. The van der Waals surface area contributed by atoms with E-state index < -0.39 is 0 Å². The van der Waals surface area contributed by atoms with Crippen molar-refractivity contribution in [2.75, 3.05) is 19.5 Å². The molecule has 2 rings (SSSR count). The van der Waals surface area contributed by atoms with Gasteiger partial charge < -0.3 is 15.2 Å². The summed E-state index contributed by atoms with van der Waals surface area (Å²) in [5.74, 6) is 2.24. The van der Waals surface area contributed by atoms with Crippen molar-refractivity contribution in [2.24, 2.45) is 5.92 Å². The van der Waals surface area contributed by atoms with Gasteiger partial charge in [0.1, 0.15) is 0 Å². The average molecular weight is 244 g/mol. The summed E-state index contributed by atoms with van der Waals surface area (Å²) < 4.78 is 10.9. The van der Waals surface area contributed by atoms with E-state index in [4.69, 9.17) is 15.2 Å². The summed E-state index contributed by atoms with van der Waals surface area (Å²) in [6.07, 6.45) is 3.92. The van der Waals surface area contributed by atoms with Crippen LogP contribution in [0.2, 0.25) is 0 Å². The lowest BCUT2D eigenvalue weighted by molar-refractivity contribution is 0.176. The molecule has 0 radical (unpaired) electrons. The molecule has 0 aliphatic heterocycles. The van der Waals surface area contributed by atoms with Crippen LogP contribution in [-0.4, -0.2) is 13.7 Å². The van der Waals surface area contributed by atoms with Gasteiger partial charge in [0.25, 0.3) is 0 Å². The van der Waals surface area contributed by atoms with Crippen LogP contribution in [0.1, 0.15) is 19.3 Å². The van der Waals surface area contributed by atoms with Gasteiger partial charge in [0.2, 0.25) is 0 Å². The third-order valence-electron chi connectivity index (χ3n) is 2.89. The first kappa shape index (κ1) is 13.0. The summed E-state index contributed by atoms with van der Waals surface area (Å²) in [6.45, 7) is 0.792. The third kappa shape index (κ3) is 2.95. The van der Waals surface area contributed by atoms with Gasteiger partial charge in [0.05, 0.1) is 13.7 Å². The highest BCUT2D eigenvalue weighted by atomic mass is 35.5. The van der Waals surface area contributed by atoms with Gasteiger partial charge in [-0.25, -0.2) is 0 Å². The molecule has 1 saturated carbocycles. The summed E-state index contributed by atoms with van der Waals surface area (Å²) in [4.78, 5) is 0. The molecule has 0 amide bonds. The first-order valence-corrected chi connectivity index (χ1v) is 5.36. The standard InChI is InChI=1S/C12H17NO2.ClH/c1-14-12-7-10(13)5-6-11(12)15-8-9-3-2-4-9;/h5-7,9H,2-4,8,13H2,1H3;1H. The maximum absolute atomic E-state index is 5.71. The van der Waals surface area contributed by atoms with E-state index >= 15 is 0 Å². The molecule has 0 aromatic heterocycles. The highest BCUT2D eigenvalue weighted by molar-refractivity contribution is 5.85. The number of rotatable bonds is 4. The van der Waals surface area contributed by atoms with Crippen molar-refractivity contribution in [3.63, 3.8) is 0 Å². The number of nitrogens with two attached hydrogens (primary N) is 1. The summed E-state index contributed by atoms with van der Waals surface area (Å²) in [7, 11) is 1.63. The number of nitrogen functional groups attached to an aromatic ring is 1. The fourth-order valence-electron chi connectivity index (χ4n) is 1.67. The lowest BCUT2D eigenvalue weighted by Crippen LogP contribution is -2.19. The lowest BCUT2D eigenvalue weighted by Gasteiger charge is -2.25. The molecule has 0 bridgehead atoms. The number of anilines is 1. The maximum Gasteiger partial charge on any atom is 0.162 e. The van der Waals surface area contributed by atoms with Crippen molar-refractivity contribution in [1.82, 2.24) is 0 Å². The second-order valence-corrected chi connectivity index (χ2v) is 4.02. The van der Waals surface area contributed by atoms with Crippen LogP contribution < -0.4 is 15.2 Å². The van der Waals surface area contributed by atoms with Crippen molar-refractivity contribution in [3.8, 4) is 11.5 Å². The van der Waals surface area contributed by atoms with Gasteiger partial charge >= 0.3 is 0 Å². The van der Waals surface area contributed by atoms with Gasteiger partial charge in [0.15, 0.2) is 11.5 Å². The van der Waals surface area contributed by atoms with E-state index in [1.54, 1.807) is 13.2 Å². The Bertz CT molecular complexity index is 340. The van der Waals surface area contributed by atoms with Crippen LogP contribution in [0.3, 0.4) is 0 Å². The zero-order valence-electron chi connectivity index (χ0n) is 9.44. The van der Waals surface area contributed by atoms with Gasteiger partial charge in [-0.15, -0.1) is 12.4 Å². The summed E-state index contributed by atoms with van der Waals surface area (Å²) >= 11 is 0. The fraction of sp³-hybridized carbons (Fsp3) is 0.500. The molecule has 0 unspecified atom stereocenters. The quantitative estimate of drug-likeness (QED) is 0.827. The van der Waals surface area contributed by atoms with Crippen LogP contribution in [-0.2, 0) is 0 Å². The van der Waals surface area contributed by atoms with Crippen LogP contribution in [0.15, 0.2) is 18.2 Å². The van der Waals surface area contributed by atoms with E-state index in [0.717, 1.165) is 18.3 Å². The number of hydrogen-bond acceptors (Lipinski definition) is 3. The minimum Gasteiger partial charge on any atom is -0.493 e. The van der Waals surface area contributed by atoms with Crippen LogP contribution >= 0.6 is 12.4 Å².